The average molecular weight is 279 g/mol. The van der Waals surface area contributed by atoms with Crippen LogP contribution in [0.25, 0.3) is 0 Å². The molecule has 0 atom stereocenters. The third-order valence-corrected chi connectivity index (χ3v) is 2.53. The van der Waals surface area contributed by atoms with E-state index in [4.69, 9.17) is 10.5 Å². The SMILES string of the molecule is CCCOc1nc(Nc2ccc(F)cc2F)ccc1N. The van der Waals surface area contributed by atoms with Crippen LogP contribution in [-0.4, -0.2) is 11.6 Å². The van der Waals surface area contributed by atoms with Crippen molar-refractivity contribution < 1.29 is 13.5 Å². The van der Waals surface area contributed by atoms with Gasteiger partial charge in [0, 0.05) is 6.07 Å². The zero-order valence-corrected chi connectivity index (χ0v) is 11.0. The van der Waals surface area contributed by atoms with Crippen molar-refractivity contribution in [2.75, 3.05) is 17.7 Å². The second-order valence-electron chi connectivity index (χ2n) is 4.19. The molecule has 6 heteroatoms. The van der Waals surface area contributed by atoms with Crippen LogP contribution in [0.1, 0.15) is 13.3 Å². The number of anilines is 3. The Morgan fingerprint density at radius 2 is 2.05 bits per heavy atom. The second kappa shape index (κ2) is 6.18. The number of nitrogens with zero attached hydrogens (tertiary/aromatic N) is 1. The lowest BCUT2D eigenvalue weighted by Gasteiger charge is -2.11. The lowest BCUT2D eigenvalue weighted by molar-refractivity contribution is 0.307. The normalized spacial score (nSPS) is 10.3. The molecule has 0 fully saturated rings. The van der Waals surface area contributed by atoms with Gasteiger partial charge in [0.2, 0.25) is 5.88 Å². The minimum Gasteiger partial charge on any atom is -0.476 e. The highest BCUT2D eigenvalue weighted by Crippen LogP contribution is 2.24. The third-order valence-electron chi connectivity index (χ3n) is 2.53. The molecule has 2 aromatic rings. The lowest BCUT2D eigenvalue weighted by atomic mass is 10.3. The summed E-state index contributed by atoms with van der Waals surface area (Å²) in [5.41, 5.74) is 6.27. The number of rotatable bonds is 5. The average Bonchev–Trinajstić information content (AvgIpc) is 2.42. The number of nitrogens with one attached hydrogen (secondary N) is 1. The van der Waals surface area contributed by atoms with Gasteiger partial charge in [-0.3, -0.25) is 0 Å². The van der Waals surface area contributed by atoms with Gasteiger partial charge in [-0.15, -0.1) is 0 Å². The Kier molecular flexibility index (Phi) is 4.34. The summed E-state index contributed by atoms with van der Waals surface area (Å²) in [6.45, 7) is 2.46. The van der Waals surface area contributed by atoms with Crippen LogP contribution in [0, 0.1) is 11.6 Å². The number of aromatic nitrogens is 1. The van der Waals surface area contributed by atoms with Gasteiger partial charge in [0.25, 0.3) is 0 Å². The van der Waals surface area contributed by atoms with Gasteiger partial charge in [0.1, 0.15) is 17.5 Å². The van der Waals surface area contributed by atoms with E-state index in [0.29, 0.717) is 24.0 Å². The highest BCUT2D eigenvalue weighted by Gasteiger charge is 2.07. The van der Waals surface area contributed by atoms with E-state index in [2.05, 4.69) is 10.3 Å². The Morgan fingerprint density at radius 1 is 1.25 bits per heavy atom. The molecule has 0 saturated carbocycles. The van der Waals surface area contributed by atoms with Gasteiger partial charge in [0.15, 0.2) is 0 Å². The van der Waals surface area contributed by atoms with Gasteiger partial charge >= 0.3 is 0 Å². The topological polar surface area (TPSA) is 60.2 Å². The van der Waals surface area contributed by atoms with Crippen LogP contribution in [0.3, 0.4) is 0 Å². The molecule has 0 aliphatic rings. The molecule has 0 amide bonds. The molecule has 1 aromatic heterocycles. The third kappa shape index (κ3) is 3.34. The largest absolute Gasteiger partial charge is 0.476 e. The summed E-state index contributed by atoms with van der Waals surface area (Å²) in [5.74, 6) is -0.667. The minimum atomic E-state index is -0.695. The first-order valence-corrected chi connectivity index (χ1v) is 6.21. The number of nitrogens with two attached hydrogens (primary N) is 1. The van der Waals surface area contributed by atoms with E-state index < -0.39 is 11.6 Å². The van der Waals surface area contributed by atoms with Gasteiger partial charge in [0.05, 0.1) is 18.0 Å². The van der Waals surface area contributed by atoms with Crippen LogP contribution in [0.5, 0.6) is 5.88 Å². The van der Waals surface area contributed by atoms with Crippen molar-refractivity contribution in [2.24, 2.45) is 0 Å². The van der Waals surface area contributed by atoms with Crippen molar-refractivity contribution in [3.05, 3.63) is 42.0 Å². The van der Waals surface area contributed by atoms with Crippen molar-refractivity contribution in [2.45, 2.75) is 13.3 Å². The quantitative estimate of drug-likeness (QED) is 0.879. The smallest absolute Gasteiger partial charge is 0.239 e. The van der Waals surface area contributed by atoms with E-state index in [1.54, 1.807) is 12.1 Å². The lowest BCUT2D eigenvalue weighted by Crippen LogP contribution is -2.04. The minimum absolute atomic E-state index is 0.130. The van der Waals surface area contributed by atoms with Crippen LogP contribution < -0.4 is 15.8 Å². The monoisotopic (exact) mass is 279 g/mol. The fourth-order valence-electron chi connectivity index (χ4n) is 1.56. The Bertz CT molecular complexity index is 605. The highest BCUT2D eigenvalue weighted by molar-refractivity contribution is 5.61. The van der Waals surface area contributed by atoms with E-state index in [9.17, 15) is 8.78 Å². The molecule has 0 spiro atoms. The van der Waals surface area contributed by atoms with Crippen LogP contribution >= 0.6 is 0 Å². The zero-order chi connectivity index (χ0) is 14.5. The molecule has 20 heavy (non-hydrogen) atoms. The maximum absolute atomic E-state index is 13.5. The van der Waals surface area contributed by atoms with Crippen LogP contribution in [0.4, 0.5) is 26.0 Å². The summed E-state index contributed by atoms with van der Waals surface area (Å²) in [5, 5.41) is 2.76. The van der Waals surface area contributed by atoms with E-state index in [1.807, 2.05) is 6.92 Å². The van der Waals surface area contributed by atoms with E-state index in [0.717, 1.165) is 18.6 Å². The summed E-state index contributed by atoms with van der Waals surface area (Å²) >= 11 is 0. The molecule has 3 N–H and O–H groups in total. The van der Waals surface area contributed by atoms with Crippen molar-refractivity contribution in [3.8, 4) is 5.88 Å². The Hall–Kier alpha value is -2.37. The first-order chi connectivity index (χ1) is 9.60. The van der Waals surface area contributed by atoms with Crippen molar-refractivity contribution in [3.63, 3.8) is 0 Å². The standard InChI is InChI=1S/C14H15F2N3O/c1-2-7-20-14-11(17)4-6-13(19-14)18-12-5-3-9(15)8-10(12)16/h3-6,8H,2,7,17H2,1H3,(H,18,19). The number of pyridine rings is 1. The zero-order valence-electron chi connectivity index (χ0n) is 11.0. The predicted octanol–water partition coefficient (Wildman–Crippen LogP) is 3.47. The molecular formula is C14H15F2N3O. The first-order valence-electron chi connectivity index (χ1n) is 6.21. The Labute approximate surface area is 115 Å². The fraction of sp³-hybridized carbons (Fsp3) is 0.214. The number of hydrogen-bond donors (Lipinski definition) is 2. The van der Waals surface area contributed by atoms with Crippen molar-refractivity contribution >= 4 is 17.2 Å². The molecule has 0 radical (unpaired) electrons. The van der Waals surface area contributed by atoms with Crippen molar-refractivity contribution in [1.29, 1.82) is 0 Å². The fourth-order valence-corrected chi connectivity index (χ4v) is 1.56. The van der Waals surface area contributed by atoms with Gasteiger partial charge in [-0.2, -0.15) is 4.98 Å². The van der Waals surface area contributed by atoms with Crippen LogP contribution in [0.2, 0.25) is 0 Å². The maximum atomic E-state index is 13.5. The molecule has 106 valence electrons. The second-order valence-corrected chi connectivity index (χ2v) is 4.19. The Balaban J connectivity index is 2.20. The molecule has 0 unspecified atom stereocenters. The summed E-state index contributed by atoms with van der Waals surface area (Å²) in [4.78, 5) is 4.15. The molecule has 0 aliphatic heterocycles. The Morgan fingerprint density at radius 3 is 2.75 bits per heavy atom. The van der Waals surface area contributed by atoms with Crippen LogP contribution in [-0.2, 0) is 0 Å². The molecule has 4 nitrogen and oxygen atoms in total. The number of hydrogen-bond acceptors (Lipinski definition) is 4. The highest BCUT2D eigenvalue weighted by atomic mass is 19.1. The van der Waals surface area contributed by atoms with Gasteiger partial charge in [-0.1, -0.05) is 6.92 Å². The number of halogens is 2. The summed E-state index contributed by atoms with van der Waals surface area (Å²) in [6.07, 6.45) is 0.825. The van der Waals surface area contributed by atoms with E-state index in [1.165, 1.54) is 6.07 Å². The van der Waals surface area contributed by atoms with E-state index >= 15 is 0 Å². The molecule has 0 bridgehead atoms. The van der Waals surface area contributed by atoms with Crippen LogP contribution in [0.15, 0.2) is 30.3 Å². The molecule has 1 aromatic carbocycles. The molecule has 1 heterocycles. The number of nitrogen functional groups attached to an aromatic ring is 1. The van der Waals surface area contributed by atoms with Gasteiger partial charge in [-0.25, -0.2) is 8.78 Å². The van der Waals surface area contributed by atoms with Gasteiger partial charge < -0.3 is 15.8 Å². The molecule has 2 rings (SSSR count). The first kappa shape index (κ1) is 14.0. The maximum Gasteiger partial charge on any atom is 0.239 e. The van der Waals surface area contributed by atoms with E-state index in [-0.39, 0.29) is 5.69 Å². The molecule has 0 saturated heterocycles. The number of ether oxygens (including phenoxy) is 1. The van der Waals surface area contributed by atoms with Gasteiger partial charge in [-0.05, 0) is 30.7 Å². The molecule has 0 aliphatic carbocycles. The number of benzene rings is 1. The summed E-state index contributed by atoms with van der Waals surface area (Å²) in [6, 6.07) is 6.47. The van der Waals surface area contributed by atoms with Crippen molar-refractivity contribution in [1.82, 2.24) is 4.98 Å². The molecular weight excluding hydrogens is 264 g/mol. The summed E-state index contributed by atoms with van der Waals surface area (Å²) in [7, 11) is 0. The summed E-state index contributed by atoms with van der Waals surface area (Å²) < 4.78 is 31.7. The predicted molar refractivity (Wildman–Crippen MR) is 74.1 cm³/mol.